The summed E-state index contributed by atoms with van der Waals surface area (Å²) in [4.78, 5) is 38.6. The second-order valence-electron chi connectivity index (χ2n) is 26.5. The summed E-state index contributed by atoms with van der Waals surface area (Å²) in [5.41, 5.74) is 0. The van der Waals surface area contributed by atoms with Gasteiger partial charge in [-0.1, -0.05) is 245 Å². The van der Waals surface area contributed by atoms with Crippen LogP contribution < -0.4 is 10.6 Å². The van der Waals surface area contributed by atoms with Crippen LogP contribution in [0.3, 0.4) is 0 Å². The van der Waals surface area contributed by atoms with E-state index in [1.807, 2.05) is 0 Å². The second kappa shape index (κ2) is 49.3. The van der Waals surface area contributed by atoms with E-state index >= 15 is 0 Å². The molecule has 3 aliphatic rings. The van der Waals surface area contributed by atoms with Crippen molar-refractivity contribution in [3.63, 3.8) is 0 Å². The molecule has 0 aromatic rings. The summed E-state index contributed by atoms with van der Waals surface area (Å²) in [6, 6.07) is -2.52. The van der Waals surface area contributed by atoms with Crippen LogP contribution in [0, 0.1) is 0 Å². The van der Waals surface area contributed by atoms with Gasteiger partial charge in [-0.2, -0.15) is 0 Å². The van der Waals surface area contributed by atoms with E-state index in [1.54, 1.807) is 0 Å². The van der Waals surface area contributed by atoms with Crippen molar-refractivity contribution in [1.29, 1.82) is 0 Å². The Kier molecular flexibility index (Phi) is 44.9. The minimum absolute atomic E-state index is 0.229. The number of carboxylic acid groups (broad SMARTS) is 1. The molecule has 3 saturated heterocycles. The topological polar surface area (TPSA) is 373 Å². The maximum Gasteiger partial charge on any atom is 0.364 e. The Hall–Kier alpha value is -2.27. The number of ether oxygens (including phenoxy) is 6. The van der Waals surface area contributed by atoms with Crippen LogP contribution >= 0.6 is 0 Å². The Balaban J connectivity index is 1.58. The van der Waals surface area contributed by atoms with Crippen LogP contribution in [-0.2, 0) is 42.8 Å². The highest BCUT2D eigenvalue weighted by atomic mass is 16.8. The maximum absolute atomic E-state index is 13.5. The number of unbranched alkanes of at least 4 members (excludes halogenated alkanes) is 35. The second-order valence-corrected chi connectivity index (χ2v) is 26.5. The van der Waals surface area contributed by atoms with Gasteiger partial charge in [0.1, 0.15) is 67.1 Å². The van der Waals surface area contributed by atoms with E-state index in [9.17, 15) is 75.7 Å². The first-order chi connectivity index (χ1) is 43.9. The summed E-state index contributed by atoms with van der Waals surface area (Å²) in [6.07, 6.45) is 16.7. The third-order valence-electron chi connectivity index (χ3n) is 18.6. The molecule has 2 amide bonds. The Morgan fingerprint density at radius 1 is 0.527 bits per heavy atom. The maximum atomic E-state index is 13.5. The molecule has 0 spiro atoms. The van der Waals surface area contributed by atoms with Gasteiger partial charge in [0.25, 0.3) is 5.79 Å². The number of aliphatic hydroxyl groups is 11. The third kappa shape index (κ3) is 31.7. The average Bonchev–Trinajstić information content (AvgIpc) is 0.782. The molecule has 0 aliphatic carbocycles. The van der Waals surface area contributed by atoms with E-state index in [-0.39, 0.29) is 18.9 Å². The molecule has 3 fully saturated rings. The van der Waals surface area contributed by atoms with Crippen molar-refractivity contribution in [2.24, 2.45) is 0 Å². The van der Waals surface area contributed by atoms with Crippen molar-refractivity contribution >= 4 is 17.8 Å². The summed E-state index contributed by atoms with van der Waals surface area (Å²) in [6.45, 7) is 2.24. The molecule has 0 aromatic carbocycles. The Labute approximate surface area is 544 Å². The fourth-order valence-electron chi connectivity index (χ4n) is 12.8. The van der Waals surface area contributed by atoms with Crippen LogP contribution in [0.15, 0.2) is 0 Å². The first kappa shape index (κ1) is 83.0. The van der Waals surface area contributed by atoms with Crippen LogP contribution in [0.4, 0.5) is 0 Å². The lowest BCUT2D eigenvalue weighted by Gasteiger charge is -2.50. The molecule has 3 heterocycles. The minimum atomic E-state index is -3.08. The Morgan fingerprint density at radius 3 is 1.37 bits per heavy atom. The van der Waals surface area contributed by atoms with Gasteiger partial charge >= 0.3 is 5.97 Å². The van der Waals surface area contributed by atoms with Gasteiger partial charge in [0.05, 0.1) is 50.7 Å². The predicted molar refractivity (Wildman–Crippen MR) is 343 cm³/mol. The van der Waals surface area contributed by atoms with Gasteiger partial charge < -0.3 is 100 Å². The molecule has 0 bridgehead atoms. The number of rotatable bonds is 55. The van der Waals surface area contributed by atoms with Gasteiger partial charge in [-0.15, -0.1) is 0 Å². The predicted octanol–water partition coefficient (Wildman–Crippen LogP) is 6.90. The summed E-state index contributed by atoms with van der Waals surface area (Å²) in [5, 5.41) is 136. The van der Waals surface area contributed by atoms with Crippen molar-refractivity contribution in [3.05, 3.63) is 0 Å². The molecule has 18 unspecified atom stereocenters. The lowest BCUT2D eigenvalue weighted by atomic mass is 9.88. The molecular formula is C68H128N2O21. The molecule has 3 rings (SSSR count). The van der Waals surface area contributed by atoms with Crippen molar-refractivity contribution < 1.29 is 104 Å². The summed E-state index contributed by atoms with van der Waals surface area (Å²) in [5.74, 6) is -6.09. The molecule has 0 aromatic heterocycles. The average molecular weight is 1310 g/mol. The fourth-order valence-corrected chi connectivity index (χ4v) is 12.8. The number of carbonyl (C=O) groups is 3. The third-order valence-corrected chi connectivity index (χ3v) is 18.6. The minimum Gasteiger partial charge on any atom is -0.477 e. The summed E-state index contributed by atoms with van der Waals surface area (Å²) in [7, 11) is 0. The zero-order chi connectivity index (χ0) is 66.8. The largest absolute Gasteiger partial charge is 0.477 e. The number of hydrogen-bond acceptors (Lipinski definition) is 20. The van der Waals surface area contributed by atoms with Crippen molar-refractivity contribution in [1.82, 2.24) is 10.6 Å². The Bertz CT molecular complexity index is 1850. The zero-order valence-corrected chi connectivity index (χ0v) is 56.0. The van der Waals surface area contributed by atoms with Crippen molar-refractivity contribution in [2.45, 2.75) is 387 Å². The van der Waals surface area contributed by atoms with Crippen LogP contribution in [0.5, 0.6) is 0 Å². The molecule has 14 N–H and O–H groups in total. The lowest BCUT2D eigenvalue weighted by Crippen LogP contribution is -2.70. The van der Waals surface area contributed by atoms with Crippen LogP contribution in [0.1, 0.15) is 278 Å². The number of amides is 2. The molecule has 23 heteroatoms. The number of hydrogen-bond donors (Lipinski definition) is 14. The first-order valence-electron chi connectivity index (χ1n) is 35.9. The highest BCUT2D eigenvalue weighted by Gasteiger charge is 2.60. The van der Waals surface area contributed by atoms with Crippen LogP contribution in [0.2, 0.25) is 0 Å². The molecule has 0 radical (unpaired) electrons. The van der Waals surface area contributed by atoms with E-state index < -0.39 is 148 Å². The number of nitrogens with one attached hydrogen (secondary N) is 2. The molecule has 91 heavy (non-hydrogen) atoms. The molecule has 3 aliphatic heterocycles. The van der Waals surface area contributed by atoms with Gasteiger partial charge in [0, 0.05) is 19.8 Å². The lowest BCUT2D eigenvalue weighted by molar-refractivity contribution is -0.386. The van der Waals surface area contributed by atoms with E-state index in [1.165, 1.54) is 180 Å². The van der Waals surface area contributed by atoms with E-state index in [0.29, 0.717) is 19.3 Å². The van der Waals surface area contributed by atoms with E-state index in [4.69, 9.17) is 28.4 Å². The van der Waals surface area contributed by atoms with Gasteiger partial charge in [-0.05, 0) is 12.8 Å². The van der Waals surface area contributed by atoms with E-state index in [0.717, 1.165) is 51.9 Å². The van der Waals surface area contributed by atoms with Gasteiger partial charge in [-0.25, -0.2) is 4.79 Å². The highest BCUT2D eigenvalue weighted by Crippen LogP contribution is 2.39. The number of aliphatic hydroxyl groups excluding tert-OH is 11. The molecular weight excluding hydrogens is 1180 g/mol. The smallest absolute Gasteiger partial charge is 0.364 e. The Morgan fingerprint density at radius 2 is 0.956 bits per heavy atom. The van der Waals surface area contributed by atoms with E-state index in [2.05, 4.69) is 24.5 Å². The quantitative estimate of drug-likeness (QED) is 0.0275. The SMILES string of the molecule is CCCCCCCCCCCCCCCCCCCCCC(O)C(COC1OC(CO)C(OC2OC(CO)C(O)C(OC3(C(=O)O)CC(O)C(NC(C)=O)C(C(O)C(O)CO)O3)C2O)C(O)C1O)NC(=O)CCCCCCCCCCCCCCCCCCCC. The number of carbonyl (C=O) groups excluding carboxylic acids is 2. The summed E-state index contributed by atoms with van der Waals surface area (Å²) < 4.78 is 34.9. The van der Waals surface area contributed by atoms with Gasteiger partial charge in [-0.3, -0.25) is 9.59 Å². The van der Waals surface area contributed by atoms with Crippen molar-refractivity contribution in [3.8, 4) is 0 Å². The van der Waals surface area contributed by atoms with Gasteiger partial charge in [0.15, 0.2) is 12.6 Å². The van der Waals surface area contributed by atoms with Crippen LogP contribution in [0.25, 0.3) is 0 Å². The highest BCUT2D eigenvalue weighted by molar-refractivity contribution is 5.77. The van der Waals surface area contributed by atoms with Crippen LogP contribution in [-0.4, -0.2) is 215 Å². The number of aliphatic carboxylic acids is 1. The molecule has 18 atom stereocenters. The van der Waals surface area contributed by atoms with Gasteiger partial charge in [0.2, 0.25) is 11.8 Å². The summed E-state index contributed by atoms with van der Waals surface area (Å²) >= 11 is 0. The zero-order valence-electron chi connectivity index (χ0n) is 56.0. The first-order valence-corrected chi connectivity index (χ1v) is 35.9. The fraction of sp³-hybridized carbons (Fsp3) is 0.956. The normalized spacial score (nSPS) is 28.4. The standard InChI is InChI=1S/C68H128N2O21/c1-4-6-8-10-12-14-16-18-20-22-24-25-27-29-31-33-35-37-39-41-50(75)49(70-55(78)42-40-38-36-34-32-30-28-26-23-21-19-17-15-13-11-9-7-5-2)47-86-65-60(82)59(81)62(54(46-73)88-65)89-66-61(83)64(58(80)53(45-72)87-66)91-68(67(84)85)43-51(76)56(69-48(3)74)63(90-68)57(79)52(77)44-71/h49-54,56-66,71-73,75-77,79-83H,4-47H2,1-3H3,(H,69,74)(H,70,78)(H,84,85). The van der Waals surface area contributed by atoms with Crippen molar-refractivity contribution in [2.75, 3.05) is 26.4 Å². The molecule has 23 nitrogen and oxygen atoms in total. The monoisotopic (exact) mass is 1310 g/mol. The number of carboxylic acids is 1. The molecule has 0 saturated carbocycles. The molecule has 536 valence electrons.